The average molecular weight is 469 g/mol. The average Bonchev–Trinajstić information content (AvgIpc) is 3.53. The van der Waals surface area contributed by atoms with Gasteiger partial charge in [0, 0.05) is 18.5 Å². The number of nitrogens with zero attached hydrogens (tertiary/aromatic N) is 2. The third-order valence-corrected chi connectivity index (χ3v) is 8.88. The van der Waals surface area contributed by atoms with Crippen molar-refractivity contribution in [1.82, 2.24) is 4.90 Å². The summed E-state index contributed by atoms with van der Waals surface area (Å²) in [5, 5.41) is 1.83. The van der Waals surface area contributed by atoms with Crippen molar-refractivity contribution in [2.75, 3.05) is 4.90 Å². The van der Waals surface area contributed by atoms with Gasteiger partial charge in [-0.3, -0.25) is 24.1 Å². The van der Waals surface area contributed by atoms with Crippen molar-refractivity contribution in [1.29, 1.82) is 0 Å². The Morgan fingerprint density at radius 2 is 1.56 bits per heavy atom. The molecule has 1 aromatic heterocycles. The lowest BCUT2D eigenvalue weighted by molar-refractivity contribution is -0.137. The molecule has 3 aromatic rings. The Balaban J connectivity index is 1.40. The number of para-hydroxylation sites is 1. The number of hydrogen-bond donors (Lipinski definition) is 0. The minimum absolute atomic E-state index is 0.198. The molecule has 3 saturated heterocycles. The molecular formula is C27H20N2O4S. The molecule has 2 aromatic carbocycles. The first kappa shape index (κ1) is 20.0. The van der Waals surface area contributed by atoms with Gasteiger partial charge in [-0.2, -0.15) is 0 Å². The van der Waals surface area contributed by atoms with E-state index in [2.05, 4.69) is 0 Å². The Kier molecular flexibility index (Phi) is 4.14. The van der Waals surface area contributed by atoms with Gasteiger partial charge in [-0.25, -0.2) is 4.90 Å². The molecule has 4 bridgehead atoms. The number of imide groups is 1. The van der Waals surface area contributed by atoms with Crippen molar-refractivity contribution < 1.29 is 19.2 Å². The molecule has 0 aliphatic carbocycles. The zero-order valence-corrected chi connectivity index (χ0v) is 18.9. The summed E-state index contributed by atoms with van der Waals surface area (Å²) < 4.78 is 0. The molecule has 7 heteroatoms. The second kappa shape index (κ2) is 7.04. The number of carbonyl (C=O) groups excluding carboxylic acids is 4. The van der Waals surface area contributed by atoms with Crippen LogP contribution in [0.2, 0.25) is 0 Å². The fourth-order valence-electron chi connectivity index (χ4n) is 6.79. The molecule has 0 N–H and O–H groups in total. The van der Waals surface area contributed by atoms with E-state index in [-0.39, 0.29) is 29.4 Å². The predicted molar refractivity (Wildman–Crippen MR) is 125 cm³/mol. The fraction of sp³-hybridized carbons (Fsp3) is 0.259. The summed E-state index contributed by atoms with van der Waals surface area (Å²) in [4.78, 5) is 59.0. The second-order valence-electron chi connectivity index (χ2n) is 9.45. The standard InChI is InChI=1S/C27H20N2O4S/c30-24(17-11-6-12-34-17)21-18-16-10-5-4-7-14(16)13-28-22(18)19-20(23(28)25(21)31)27(33)29(26(19)32)15-8-2-1-3-9-15/h1-12,18-23H,13H2/t18?,19-,20+,21+,22-,23+/m1/s1. The molecule has 0 radical (unpaired) electrons. The summed E-state index contributed by atoms with van der Waals surface area (Å²) in [6, 6.07) is 19.2. The molecule has 0 spiro atoms. The van der Waals surface area contributed by atoms with Gasteiger partial charge >= 0.3 is 0 Å². The number of carbonyl (C=O) groups is 4. The maximum atomic E-state index is 14.0. The highest BCUT2D eigenvalue weighted by atomic mass is 32.1. The minimum atomic E-state index is -0.886. The minimum Gasteiger partial charge on any atom is -0.297 e. The van der Waals surface area contributed by atoms with Crippen molar-refractivity contribution in [2.24, 2.45) is 17.8 Å². The lowest BCUT2D eigenvalue weighted by Crippen LogP contribution is -2.60. The SMILES string of the molecule is O=C(c1cccs1)[C@H]1C(=O)[C@@H]2[C@H]3C(=O)N(c4ccccc4)C(=O)[C@H]3[C@H]3C1c1ccccc1CN23. The van der Waals surface area contributed by atoms with Crippen LogP contribution in [0.3, 0.4) is 0 Å². The van der Waals surface area contributed by atoms with Gasteiger partial charge < -0.3 is 0 Å². The topological polar surface area (TPSA) is 74.8 Å². The van der Waals surface area contributed by atoms with Crippen molar-refractivity contribution in [3.63, 3.8) is 0 Å². The highest BCUT2D eigenvalue weighted by Crippen LogP contribution is 2.58. The van der Waals surface area contributed by atoms with E-state index >= 15 is 0 Å². The smallest absolute Gasteiger partial charge is 0.239 e. The Labute approximate surface area is 199 Å². The lowest BCUT2D eigenvalue weighted by Gasteiger charge is -2.48. The summed E-state index contributed by atoms with van der Waals surface area (Å²) in [7, 11) is 0. The molecule has 2 unspecified atom stereocenters. The molecule has 0 saturated carbocycles. The highest BCUT2D eigenvalue weighted by Gasteiger charge is 2.71. The van der Waals surface area contributed by atoms with Gasteiger partial charge in [-0.1, -0.05) is 48.5 Å². The molecule has 5 heterocycles. The molecule has 168 valence electrons. The molecule has 6 nitrogen and oxygen atoms in total. The third kappa shape index (κ3) is 2.43. The second-order valence-corrected chi connectivity index (χ2v) is 10.4. The van der Waals surface area contributed by atoms with E-state index in [0.717, 1.165) is 11.1 Å². The summed E-state index contributed by atoms with van der Waals surface area (Å²) in [5.41, 5.74) is 2.54. The van der Waals surface area contributed by atoms with Gasteiger partial charge in [0.25, 0.3) is 0 Å². The quantitative estimate of drug-likeness (QED) is 0.335. The van der Waals surface area contributed by atoms with Crippen LogP contribution in [0.25, 0.3) is 0 Å². The number of Topliss-reactive ketones (excluding diaryl/α,β-unsaturated/α-hetero) is 2. The monoisotopic (exact) mass is 468 g/mol. The van der Waals surface area contributed by atoms with E-state index in [1.54, 1.807) is 36.4 Å². The van der Waals surface area contributed by atoms with Crippen molar-refractivity contribution in [3.8, 4) is 0 Å². The van der Waals surface area contributed by atoms with Crippen LogP contribution in [-0.4, -0.2) is 40.4 Å². The Morgan fingerprint density at radius 1 is 0.824 bits per heavy atom. The number of thiophene rings is 1. The molecule has 7 atom stereocenters. The molecule has 2 amide bonds. The molecule has 4 aliphatic heterocycles. The van der Waals surface area contributed by atoms with Gasteiger partial charge in [0.15, 0.2) is 11.6 Å². The number of fused-ring (bicyclic) bond motifs is 4. The number of benzene rings is 2. The molecule has 34 heavy (non-hydrogen) atoms. The van der Waals surface area contributed by atoms with Gasteiger partial charge in [0.2, 0.25) is 11.8 Å². The fourth-order valence-corrected chi connectivity index (χ4v) is 7.50. The van der Waals surface area contributed by atoms with Crippen LogP contribution in [0.5, 0.6) is 0 Å². The zero-order valence-electron chi connectivity index (χ0n) is 18.0. The van der Waals surface area contributed by atoms with Crippen LogP contribution in [-0.2, 0) is 20.9 Å². The molecule has 7 rings (SSSR count). The predicted octanol–water partition coefficient (Wildman–Crippen LogP) is 3.29. The van der Waals surface area contributed by atoms with Crippen LogP contribution < -0.4 is 4.90 Å². The van der Waals surface area contributed by atoms with Gasteiger partial charge in [-0.05, 0) is 34.7 Å². The van der Waals surface area contributed by atoms with Crippen molar-refractivity contribution >= 4 is 40.4 Å². The number of piperidine rings is 1. The van der Waals surface area contributed by atoms with Crippen LogP contribution in [0.1, 0.15) is 26.7 Å². The first-order chi connectivity index (χ1) is 16.6. The lowest BCUT2D eigenvalue weighted by atomic mass is 9.68. The third-order valence-electron chi connectivity index (χ3n) is 8.00. The van der Waals surface area contributed by atoms with Gasteiger partial charge in [0.1, 0.15) is 0 Å². The number of ketones is 2. The number of amides is 2. The zero-order chi connectivity index (χ0) is 23.1. The van der Waals surface area contributed by atoms with Crippen LogP contribution in [0, 0.1) is 17.8 Å². The first-order valence-corrected chi connectivity index (χ1v) is 12.3. The Hall–Kier alpha value is -3.42. The summed E-state index contributed by atoms with van der Waals surface area (Å²) in [6.07, 6.45) is 0. The largest absolute Gasteiger partial charge is 0.297 e. The van der Waals surface area contributed by atoms with Crippen LogP contribution in [0.15, 0.2) is 72.1 Å². The number of anilines is 1. The number of rotatable bonds is 3. The summed E-state index contributed by atoms with van der Waals surface area (Å²) in [6.45, 7) is 0.507. The van der Waals surface area contributed by atoms with Crippen LogP contribution in [0.4, 0.5) is 5.69 Å². The highest BCUT2D eigenvalue weighted by molar-refractivity contribution is 7.12. The first-order valence-electron chi connectivity index (χ1n) is 11.5. The van der Waals surface area contributed by atoms with E-state index in [1.165, 1.54) is 16.2 Å². The van der Waals surface area contributed by atoms with Crippen LogP contribution >= 0.6 is 11.3 Å². The molecular weight excluding hydrogens is 448 g/mol. The maximum absolute atomic E-state index is 14.0. The van der Waals surface area contributed by atoms with Crippen molar-refractivity contribution in [3.05, 3.63) is 88.1 Å². The Morgan fingerprint density at radius 3 is 2.32 bits per heavy atom. The Bertz CT molecular complexity index is 1370. The van der Waals surface area contributed by atoms with Gasteiger partial charge in [-0.15, -0.1) is 11.3 Å². The van der Waals surface area contributed by atoms with E-state index in [1.807, 2.05) is 40.6 Å². The van der Waals surface area contributed by atoms with E-state index in [4.69, 9.17) is 0 Å². The normalized spacial score (nSPS) is 33.1. The van der Waals surface area contributed by atoms with Gasteiger partial charge in [0.05, 0.1) is 34.4 Å². The van der Waals surface area contributed by atoms with E-state index in [0.29, 0.717) is 17.1 Å². The molecule has 4 aliphatic rings. The van der Waals surface area contributed by atoms with E-state index < -0.39 is 29.7 Å². The summed E-state index contributed by atoms with van der Waals surface area (Å²) in [5.74, 6) is -3.76. The maximum Gasteiger partial charge on any atom is 0.239 e. The van der Waals surface area contributed by atoms with E-state index in [9.17, 15) is 19.2 Å². The summed E-state index contributed by atoms with van der Waals surface area (Å²) >= 11 is 1.32. The van der Waals surface area contributed by atoms with Crippen molar-refractivity contribution in [2.45, 2.75) is 24.5 Å². The molecule has 3 fully saturated rings. The number of hydrogen-bond acceptors (Lipinski definition) is 6.